The van der Waals surface area contributed by atoms with Gasteiger partial charge in [0.25, 0.3) is 0 Å². The molecule has 13 heteroatoms. The molecule has 1 aliphatic heterocycles. The van der Waals surface area contributed by atoms with Crippen molar-refractivity contribution < 1.29 is 27.7 Å². The number of para-hydroxylation sites is 1. The summed E-state index contributed by atoms with van der Waals surface area (Å²) in [6.45, 7) is 3.03. The molecule has 1 fully saturated rings. The van der Waals surface area contributed by atoms with Crippen LogP contribution in [0.25, 0.3) is 22.4 Å². The lowest BCUT2D eigenvalue weighted by atomic mass is 10.1. The minimum atomic E-state index is -0.731. The summed E-state index contributed by atoms with van der Waals surface area (Å²) < 4.78 is 54.3. The van der Waals surface area contributed by atoms with Crippen molar-refractivity contribution in [2.75, 3.05) is 32.2 Å². The smallest absolute Gasteiger partial charge is 0.183 e. The van der Waals surface area contributed by atoms with Crippen LogP contribution in [-0.2, 0) is 16.0 Å². The van der Waals surface area contributed by atoms with Crippen LogP contribution < -0.4 is 14.8 Å². The van der Waals surface area contributed by atoms with Gasteiger partial charge in [0.2, 0.25) is 0 Å². The molecule has 0 saturated carbocycles. The molecule has 11 nitrogen and oxygen atoms in total. The molecule has 0 bridgehead atoms. The molecule has 1 N–H and O–H groups in total. The number of ether oxygens (including phenoxy) is 4. The maximum absolute atomic E-state index is 15.3. The van der Waals surface area contributed by atoms with E-state index in [1.807, 2.05) is 24.3 Å². The van der Waals surface area contributed by atoms with Crippen molar-refractivity contribution in [3.8, 4) is 23.0 Å². The van der Waals surface area contributed by atoms with E-state index in [1.165, 1.54) is 30.1 Å². The summed E-state index contributed by atoms with van der Waals surface area (Å²) in [7, 11) is 1.51. The highest BCUT2D eigenvalue weighted by atomic mass is 19.1. The van der Waals surface area contributed by atoms with Crippen LogP contribution in [0.15, 0.2) is 54.9 Å². The number of halogens is 2. The van der Waals surface area contributed by atoms with Gasteiger partial charge in [-0.1, -0.05) is 18.2 Å². The molecule has 4 heterocycles. The van der Waals surface area contributed by atoms with Gasteiger partial charge in [-0.05, 0) is 38.3 Å². The third-order valence-electron chi connectivity index (χ3n) is 7.29. The predicted octanol–water partition coefficient (Wildman–Crippen LogP) is 5.98. The number of hydrogen-bond donors (Lipinski definition) is 1. The van der Waals surface area contributed by atoms with Crippen LogP contribution in [0.3, 0.4) is 0 Å². The van der Waals surface area contributed by atoms with Crippen molar-refractivity contribution in [3.63, 3.8) is 0 Å². The highest BCUT2D eigenvalue weighted by Gasteiger charge is 2.20. The molecule has 1 saturated heterocycles. The highest BCUT2D eigenvalue weighted by molar-refractivity contribution is 5.92. The number of fused-ring (bicyclic) bond motifs is 1. The fourth-order valence-electron chi connectivity index (χ4n) is 5.05. The minimum Gasteiger partial charge on any atom is -0.493 e. The van der Waals surface area contributed by atoms with Gasteiger partial charge < -0.3 is 24.3 Å². The molecule has 234 valence electrons. The molecule has 0 spiro atoms. The van der Waals surface area contributed by atoms with Gasteiger partial charge in [0.15, 0.2) is 23.7 Å². The Kier molecular flexibility index (Phi) is 9.36. The van der Waals surface area contributed by atoms with Crippen LogP contribution in [-0.4, -0.2) is 62.9 Å². The van der Waals surface area contributed by atoms with E-state index in [2.05, 4.69) is 25.3 Å². The lowest BCUT2D eigenvalue weighted by Gasteiger charge is -2.22. The summed E-state index contributed by atoms with van der Waals surface area (Å²) in [5.41, 5.74) is 0.961. The normalized spacial score (nSPS) is 14.9. The first-order chi connectivity index (χ1) is 22.0. The molecule has 3 aromatic heterocycles. The summed E-state index contributed by atoms with van der Waals surface area (Å²) in [6, 6.07) is 11.5. The molecule has 1 unspecified atom stereocenters. The van der Waals surface area contributed by atoms with E-state index in [-0.39, 0.29) is 30.8 Å². The SMILES string of the molecule is COc1cnc(-c2nn(Cc3c(F)cc(OCCCOC4CCCCO4)cc3F)c3ccccc23)nc1Nc1ccnc(C)n1. The van der Waals surface area contributed by atoms with Gasteiger partial charge in [-0.15, -0.1) is 0 Å². The zero-order chi connectivity index (χ0) is 31.2. The van der Waals surface area contributed by atoms with E-state index in [0.717, 1.165) is 19.3 Å². The quantitative estimate of drug-likeness (QED) is 0.168. The van der Waals surface area contributed by atoms with E-state index >= 15 is 8.78 Å². The lowest BCUT2D eigenvalue weighted by Crippen LogP contribution is -2.23. The molecular formula is C32H33F2N7O4. The lowest BCUT2D eigenvalue weighted by molar-refractivity contribution is -0.163. The Hall–Kier alpha value is -4.75. The second-order valence-corrected chi connectivity index (χ2v) is 10.5. The topological polar surface area (TPSA) is 118 Å². The molecule has 0 radical (unpaired) electrons. The number of methoxy groups -OCH3 is 1. The van der Waals surface area contributed by atoms with Gasteiger partial charge in [-0.3, -0.25) is 4.68 Å². The van der Waals surface area contributed by atoms with E-state index in [0.29, 0.717) is 65.3 Å². The molecule has 0 aliphatic carbocycles. The second-order valence-electron chi connectivity index (χ2n) is 10.5. The average Bonchev–Trinajstić information content (AvgIpc) is 3.41. The first-order valence-corrected chi connectivity index (χ1v) is 14.8. The number of benzene rings is 2. The van der Waals surface area contributed by atoms with Gasteiger partial charge in [0.1, 0.15) is 34.7 Å². The number of nitrogens with zero attached hydrogens (tertiary/aromatic N) is 6. The first kappa shape index (κ1) is 30.3. The molecule has 0 amide bonds. The van der Waals surface area contributed by atoms with E-state index in [9.17, 15) is 0 Å². The summed E-state index contributed by atoms with van der Waals surface area (Å²) in [5.74, 6) is 0.836. The summed E-state index contributed by atoms with van der Waals surface area (Å²) in [6.07, 6.45) is 6.55. The van der Waals surface area contributed by atoms with Crippen LogP contribution >= 0.6 is 0 Å². The van der Waals surface area contributed by atoms with E-state index in [1.54, 1.807) is 19.2 Å². The zero-order valence-electron chi connectivity index (χ0n) is 25.0. The molecule has 45 heavy (non-hydrogen) atoms. The van der Waals surface area contributed by atoms with Gasteiger partial charge in [-0.25, -0.2) is 28.7 Å². The fourth-order valence-corrected chi connectivity index (χ4v) is 5.05. The minimum absolute atomic E-state index is 0.110. The largest absolute Gasteiger partial charge is 0.493 e. The maximum Gasteiger partial charge on any atom is 0.183 e. The number of hydrogen-bond acceptors (Lipinski definition) is 10. The number of aryl methyl sites for hydroxylation is 1. The monoisotopic (exact) mass is 617 g/mol. The molecule has 2 aromatic carbocycles. The van der Waals surface area contributed by atoms with Crippen LogP contribution in [0.1, 0.15) is 37.1 Å². The predicted molar refractivity (Wildman–Crippen MR) is 162 cm³/mol. The second kappa shape index (κ2) is 13.9. The van der Waals surface area contributed by atoms with Crippen molar-refractivity contribution in [2.24, 2.45) is 0 Å². The Morgan fingerprint density at radius 3 is 2.67 bits per heavy atom. The van der Waals surface area contributed by atoms with Gasteiger partial charge >= 0.3 is 0 Å². The first-order valence-electron chi connectivity index (χ1n) is 14.8. The molecular weight excluding hydrogens is 584 g/mol. The Labute approximate surface area is 258 Å². The van der Waals surface area contributed by atoms with Crippen molar-refractivity contribution in [1.82, 2.24) is 29.7 Å². The average molecular weight is 618 g/mol. The Balaban J connectivity index is 1.20. The third-order valence-corrected chi connectivity index (χ3v) is 7.29. The van der Waals surface area contributed by atoms with Crippen molar-refractivity contribution in [2.45, 2.75) is 45.4 Å². The van der Waals surface area contributed by atoms with Gasteiger partial charge in [0.05, 0.1) is 38.6 Å². The van der Waals surface area contributed by atoms with Gasteiger partial charge in [-0.2, -0.15) is 5.10 Å². The molecule has 6 rings (SSSR count). The van der Waals surface area contributed by atoms with Crippen LogP contribution in [0.5, 0.6) is 11.5 Å². The van der Waals surface area contributed by atoms with Crippen molar-refractivity contribution in [1.29, 1.82) is 0 Å². The molecule has 1 atom stereocenters. The number of aromatic nitrogens is 6. The van der Waals surface area contributed by atoms with E-state index in [4.69, 9.17) is 24.0 Å². The Bertz CT molecular complexity index is 1760. The standard InChI is InChI=1S/C32H33F2N7O4/c1-20-35-12-11-28(37-20)38-31-27(42-2)18-36-32(39-31)30-22-8-3-4-9-26(22)41(40-30)19-23-24(33)16-21(17-25(23)34)43-14-7-15-45-29-10-5-6-13-44-29/h3-4,8-9,11-12,16-18,29H,5-7,10,13-15,19H2,1-2H3,(H,35,36,37,38,39). The Morgan fingerprint density at radius 1 is 1.04 bits per heavy atom. The van der Waals surface area contributed by atoms with Gasteiger partial charge in [0, 0.05) is 42.3 Å². The zero-order valence-corrected chi connectivity index (χ0v) is 25.0. The summed E-state index contributed by atoms with van der Waals surface area (Å²) >= 11 is 0. The Morgan fingerprint density at radius 2 is 1.89 bits per heavy atom. The van der Waals surface area contributed by atoms with Crippen molar-refractivity contribution in [3.05, 3.63) is 77.9 Å². The molecule has 5 aromatic rings. The van der Waals surface area contributed by atoms with Crippen LogP contribution in [0.4, 0.5) is 20.4 Å². The molecule has 1 aliphatic rings. The maximum atomic E-state index is 15.3. The van der Waals surface area contributed by atoms with Crippen molar-refractivity contribution >= 4 is 22.5 Å². The summed E-state index contributed by atoms with van der Waals surface area (Å²) in [5, 5.41) is 8.55. The van der Waals surface area contributed by atoms with Crippen LogP contribution in [0.2, 0.25) is 0 Å². The van der Waals surface area contributed by atoms with Crippen LogP contribution in [0, 0.1) is 18.6 Å². The number of anilines is 2. The fraction of sp³-hybridized carbons (Fsp3) is 0.344. The third kappa shape index (κ3) is 7.15. The highest BCUT2D eigenvalue weighted by Crippen LogP contribution is 2.31. The van der Waals surface area contributed by atoms with E-state index < -0.39 is 11.6 Å². The number of nitrogens with one attached hydrogen (secondary N) is 1. The number of rotatable bonds is 12. The summed E-state index contributed by atoms with van der Waals surface area (Å²) in [4.78, 5) is 17.6.